The van der Waals surface area contributed by atoms with Crippen LogP contribution in [0.25, 0.3) is 22.6 Å². The number of carbonyl (C=O) groups excluding carboxylic acids is 1. The van der Waals surface area contributed by atoms with Crippen molar-refractivity contribution in [2.24, 2.45) is 0 Å². The number of oxazole rings is 1. The average Bonchev–Trinajstić information content (AvgIpc) is 3.06. The molecule has 0 bridgehead atoms. The third-order valence-electron chi connectivity index (χ3n) is 3.69. The van der Waals surface area contributed by atoms with Crippen LogP contribution < -0.4 is 5.32 Å². The van der Waals surface area contributed by atoms with Crippen LogP contribution in [0.1, 0.15) is 10.4 Å². The molecule has 1 amide bonds. The van der Waals surface area contributed by atoms with E-state index in [1.165, 1.54) is 0 Å². The average molecular weight is 350 g/mol. The summed E-state index contributed by atoms with van der Waals surface area (Å²) < 4.78 is 5.81. The zero-order valence-electron chi connectivity index (χ0n) is 12.9. The maximum absolute atomic E-state index is 12.2. The van der Waals surface area contributed by atoms with E-state index in [9.17, 15) is 4.79 Å². The Morgan fingerprint density at radius 1 is 1.04 bits per heavy atom. The zero-order chi connectivity index (χ0) is 17.2. The van der Waals surface area contributed by atoms with Crippen LogP contribution in [0.15, 0.2) is 71.4 Å². The van der Waals surface area contributed by atoms with E-state index < -0.39 is 0 Å². The molecule has 0 aliphatic carbocycles. The van der Waals surface area contributed by atoms with Crippen molar-refractivity contribution in [3.8, 4) is 11.5 Å². The van der Waals surface area contributed by atoms with E-state index in [2.05, 4.69) is 15.3 Å². The van der Waals surface area contributed by atoms with Crippen molar-refractivity contribution in [1.82, 2.24) is 9.97 Å². The Labute approximate surface area is 148 Å². The maximum Gasteiger partial charge on any atom is 0.255 e. The molecule has 25 heavy (non-hydrogen) atoms. The second kappa shape index (κ2) is 6.37. The first-order valence-electron chi connectivity index (χ1n) is 7.57. The van der Waals surface area contributed by atoms with Gasteiger partial charge in [-0.1, -0.05) is 23.7 Å². The molecule has 0 aliphatic heterocycles. The van der Waals surface area contributed by atoms with Crippen LogP contribution in [-0.4, -0.2) is 15.9 Å². The van der Waals surface area contributed by atoms with Gasteiger partial charge in [0.05, 0.1) is 10.6 Å². The second-order valence-electron chi connectivity index (χ2n) is 5.37. The van der Waals surface area contributed by atoms with Gasteiger partial charge in [-0.15, -0.1) is 0 Å². The number of aromatic nitrogens is 2. The van der Waals surface area contributed by atoms with Crippen LogP contribution in [0.3, 0.4) is 0 Å². The van der Waals surface area contributed by atoms with E-state index >= 15 is 0 Å². The maximum atomic E-state index is 12.2. The van der Waals surface area contributed by atoms with E-state index in [1.54, 1.807) is 48.8 Å². The standard InChI is InChI=1S/C19H12ClN3O2/c20-15-4-2-1-3-14(15)19-23-16-6-5-13(11-17(16)25-19)22-18(24)12-7-9-21-10-8-12/h1-11H,(H,22,24). The lowest BCUT2D eigenvalue weighted by Gasteiger charge is -2.04. The number of hydrogen-bond acceptors (Lipinski definition) is 4. The third-order valence-corrected chi connectivity index (χ3v) is 4.02. The smallest absolute Gasteiger partial charge is 0.255 e. The number of carbonyl (C=O) groups is 1. The fourth-order valence-corrected chi connectivity index (χ4v) is 2.68. The van der Waals surface area contributed by atoms with Crippen molar-refractivity contribution in [1.29, 1.82) is 0 Å². The molecular weight excluding hydrogens is 338 g/mol. The van der Waals surface area contributed by atoms with Crippen LogP contribution in [-0.2, 0) is 0 Å². The van der Waals surface area contributed by atoms with E-state index in [1.807, 2.05) is 18.2 Å². The molecule has 5 nitrogen and oxygen atoms in total. The van der Waals surface area contributed by atoms with Crippen molar-refractivity contribution < 1.29 is 9.21 Å². The zero-order valence-corrected chi connectivity index (χ0v) is 13.7. The number of hydrogen-bond donors (Lipinski definition) is 1. The summed E-state index contributed by atoms with van der Waals surface area (Å²) in [5, 5.41) is 3.40. The summed E-state index contributed by atoms with van der Waals surface area (Å²) >= 11 is 6.19. The molecule has 2 aromatic carbocycles. The molecule has 0 aliphatic rings. The highest BCUT2D eigenvalue weighted by Crippen LogP contribution is 2.30. The lowest BCUT2D eigenvalue weighted by atomic mass is 10.2. The Morgan fingerprint density at radius 2 is 1.84 bits per heavy atom. The third kappa shape index (κ3) is 3.09. The first-order chi connectivity index (χ1) is 12.2. The minimum absolute atomic E-state index is 0.215. The summed E-state index contributed by atoms with van der Waals surface area (Å²) in [4.78, 5) is 20.6. The first kappa shape index (κ1) is 15.4. The Morgan fingerprint density at radius 3 is 2.64 bits per heavy atom. The van der Waals surface area contributed by atoms with Crippen molar-refractivity contribution in [2.45, 2.75) is 0 Å². The van der Waals surface area contributed by atoms with Gasteiger partial charge >= 0.3 is 0 Å². The number of rotatable bonds is 3. The van der Waals surface area contributed by atoms with Gasteiger partial charge < -0.3 is 9.73 Å². The van der Waals surface area contributed by atoms with E-state index in [0.717, 1.165) is 5.56 Å². The number of pyridine rings is 1. The number of amides is 1. The molecule has 0 spiro atoms. The van der Waals surface area contributed by atoms with Gasteiger partial charge in [0.25, 0.3) is 5.91 Å². The van der Waals surface area contributed by atoms with Gasteiger partial charge in [0.2, 0.25) is 5.89 Å². The van der Waals surface area contributed by atoms with Gasteiger partial charge in [0.1, 0.15) is 5.52 Å². The highest BCUT2D eigenvalue weighted by molar-refractivity contribution is 6.33. The highest BCUT2D eigenvalue weighted by atomic mass is 35.5. The Hall–Kier alpha value is -3.18. The SMILES string of the molecule is O=C(Nc1ccc2nc(-c3ccccc3Cl)oc2c1)c1ccncc1. The van der Waals surface area contributed by atoms with Gasteiger partial charge in [-0.25, -0.2) is 4.98 Å². The summed E-state index contributed by atoms with van der Waals surface area (Å²) in [7, 11) is 0. The molecule has 4 aromatic rings. The number of nitrogens with one attached hydrogen (secondary N) is 1. The summed E-state index contributed by atoms with van der Waals surface area (Å²) in [6.07, 6.45) is 3.15. The molecule has 0 fully saturated rings. The summed E-state index contributed by atoms with van der Waals surface area (Å²) in [6, 6.07) is 16.0. The monoisotopic (exact) mass is 349 g/mol. The quantitative estimate of drug-likeness (QED) is 0.577. The first-order valence-corrected chi connectivity index (χ1v) is 7.95. The van der Waals surface area contributed by atoms with Gasteiger partial charge in [0, 0.05) is 29.7 Å². The molecule has 0 saturated carbocycles. The molecule has 0 unspecified atom stereocenters. The normalized spacial score (nSPS) is 10.8. The molecular formula is C19H12ClN3O2. The van der Waals surface area contributed by atoms with Crippen molar-refractivity contribution in [2.75, 3.05) is 5.32 Å². The lowest BCUT2D eigenvalue weighted by molar-refractivity contribution is 0.102. The lowest BCUT2D eigenvalue weighted by Crippen LogP contribution is -2.11. The molecule has 0 atom stereocenters. The van der Waals surface area contributed by atoms with Crippen molar-refractivity contribution in [3.05, 3.63) is 77.6 Å². The van der Waals surface area contributed by atoms with Crippen molar-refractivity contribution >= 4 is 34.3 Å². The number of anilines is 1. The predicted molar refractivity (Wildman–Crippen MR) is 96.6 cm³/mol. The second-order valence-corrected chi connectivity index (χ2v) is 5.78. The van der Waals surface area contributed by atoms with Gasteiger partial charge in [-0.2, -0.15) is 0 Å². The summed E-state index contributed by atoms with van der Waals surface area (Å²) in [5.41, 5.74) is 3.14. The summed E-state index contributed by atoms with van der Waals surface area (Å²) in [6.45, 7) is 0. The molecule has 4 rings (SSSR count). The van der Waals surface area contributed by atoms with Crippen LogP contribution in [0.2, 0.25) is 5.02 Å². The Balaban J connectivity index is 1.65. The molecule has 2 aromatic heterocycles. The Kier molecular flexibility index (Phi) is 3.91. The van der Waals surface area contributed by atoms with Crippen LogP contribution in [0.5, 0.6) is 0 Å². The molecule has 0 saturated heterocycles. The Bertz CT molecular complexity index is 1060. The minimum atomic E-state index is -0.215. The van der Waals surface area contributed by atoms with E-state index in [0.29, 0.717) is 33.3 Å². The van der Waals surface area contributed by atoms with Gasteiger partial charge in [0.15, 0.2) is 5.58 Å². The largest absolute Gasteiger partial charge is 0.436 e. The predicted octanol–water partition coefficient (Wildman–Crippen LogP) is 4.80. The number of nitrogens with zero attached hydrogens (tertiary/aromatic N) is 2. The van der Waals surface area contributed by atoms with Crippen LogP contribution in [0, 0.1) is 0 Å². The number of halogens is 1. The number of fused-ring (bicyclic) bond motifs is 1. The van der Waals surface area contributed by atoms with Gasteiger partial charge in [-0.3, -0.25) is 9.78 Å². The number of benzene rings is 2. The minimum Gasteiger partial charge on any atom is -0.436 e. The van der Waals surface area contributed by atoms with Gasteiger partial charge in [-0.05, 0) is 36.4 Å². The fourth-order valence-electron chi connectivity index (χ4n) is 2.46. The molecule has 1 N–H and O–H groups in total. The molecule has 0 radical (unpaired) electrons. The molecule has 122 valence electrons. The molecule has 2 heterocycles. The van der Waals surface area contributed by atoms with Crippen LogP contribution >= 0.6 is 11.6 Å². The molecule has 6 heteroatoms. The van der Waals surface area contributed by atoms with Crippen LogP contribution in [0.4, 0.5) is 5.69 Å². The van der Waals surface area contributed by atoms with E-state index in [-0.39, 0.29) is 5.91 Å². The summed E-state index contributed by atoms with van der Waals surface area (Å²) in [5.74, 6) is 0.228. The van der Waals surface area contributed by atoms with E-state index in [4.69, 9.17) is 16.0 Å². The highest BCUT2D eigenvalue weighted by Gasteiger charge is 2.12. The van der Waals surface area contributed by atoms with Crippen molar-refractivity contribution in [3.63, 3.8) is 0 Å². The fraction of sp³-hybridized carbons (Fsp3) is 0. The topological polar surface area (TPSA) is 68.0 Å².